The maximum absolute atomic E-state index is 14.3. The van der Waals surface area contributed by atoms with Gasteiger partial charge in [-0.05, 0) is 56.2 Å². The lowest BCUT2D eigenvalue weighted by atomic mass is 9.94. The predicted octanol–water partition coefficient (Wildman–Crippen LogP) is 8.13. The number of aliphatic hydroxyl groups is 1. The smallest absolute Gasteiger partial charge is 0.413 e. The summed E-state index contributed by atoms with van der Waals surface area (Å²) in [4.78, 5) is 117. The molecule has 7 aromatic heterocycles. The fraction of sp³-hybridized carbons (Fsp3) is 0.352. The van der Waals surface area contributed by atoms with Gasteiger partial charge in [0.2, 0.25) is 11.8 Å². The molecule has 83 heavy (non-hydrogen) atoms. The van der Waals surface area contributed by atoms with Crippen molar-refractivity contribution < 1.29 is 43.3 Å². The predicted molar refractivity (Wildman–Crippen MR) is 317 cm³/mol. The van der Waals surface area contributed by atoms with E-state index in [4.69, 9.17) is 45.1 Å². The van der Waals surface area contributed by atoms with Gasteiger partial charge in [-0.2, -0.15) is 0 Å². The van der Waals surface area contributed by atoms with Crippen molar-refractivity contribution in [3.63, 3.8) is 0 Å². The maximum Gasteiger partial charge on any atom is 0.413 e. The molecule has 29 heteroatoms. The quantitative estimate of drug-likeness (QED) is 0.0640. The summed E-state index contributed by atoms with van der Waals surface area (Å²) in [6, 6.07) is 9.67. The number of benzene rings is 1. The van der Waals surface area contributed by atoms with Crippen LogP contribution in [-0.4, -0.2) is 108 Å². The highest BCUT2D eigenvalue weighted by atomic mass is 32.1. The fourth-order valence-corrected chi connectivity index (χ4v) is 14.6. The molecule has 6 amide bonds. The highest BCUT2D eigenvalue weighted by molar-refractivity contribution is 7.15. The molecular formula is C54H56N14O9S6. The van der Waals surface area contributed by atoms with E-state index in [9.17, 15) is 33.9 Å². The molecule has 0 unspecified atom stereocenters. The second-order valence-corrected chi connectivity index (χ2v) is 25.6. The Labute approximate surface area is 499 Å². The normalized spacial score (nSPS) is 19.2. The van der Waals surface area contributed by atoms with Crippen molar-refractivity contribution in [3.05, 3.63) is 111 Å². The molecule has 1 aromatic carbocycles. The number of aliphatic hydroxyl groups excluding tert-OH is 1. The van der Waals surface area contributed by atoms with Crippen molar-refractivity contribution in [1.82, 2.24) is 61.5 Å². The van der Waals surface area contributed by atoms with E-state index in [0.29, 0.717) is 86.5 Å². The molecule has 2 aliphatic rings. The van der Waals surface area contributed by atoms with Crippen LogP contribution in [0.15, 0.2) is 64.0 Å². The number of hydrogen-bond acceptors (Lipinski definition) is 23. The number of pyridine rings is 1. The molecular weight excluding hydrogens is 1180 g/mol. The summed E-state index contributed by atoms with van der Waals surface area (Å²) in [5, 5.41) is 38.0. The van der Waals surface area contributed by atoms with Gasteiger partial charge in [-0.3, -0.25) is 29.3 Å². The minimum absolute atomic E-state index is 0.00264. The van der Waals surface area contributed by atoms with Crippen molar-refractivity contribution in [2.24, 2.45) is 11.7 Å². The molecule has 23 nitrogen and oxygen atoms in total. The van der Waals surface area contributed by atoms with Crippen molar-refractivity contribution >= 4 is 109 Å². The average Bonchev–Trinajstić information content (AvgIpc) is 3.58. The third-order valence-electron chi connectivity index (χ3n) is 13.5. The topological polar surface area (TPSA) is 330 Å². The van der Waals surface area contributed by atoms with Crippen LogP contribution in [0.5, 0.6) is 0 Å². The number of nitrogens with two attached hydrogens (primary N) is 1. The van der Waals surface area contributed by atoms with E-state index < -0.39 is 66.4 Å². The van der Waals surface area contributed by atoms with Gasteiger partial charge in [0.05, 0.1) is 42.2 Å². The summed E-state index contributed by atoms with van der Waals surface area (Å²) in [5.41, 5.74) is 8.85. The number of aromatic nitrogens is 7. The Morgan fingerprint density at radius 2 is 1.42 bits per heavy atom. The largest absolute Gasteiger partial charge is 0.446 e. The summed E-state index contributed by atoms with van der Waals surface area (Å²) in [7, 11) is 2.95. The second kappa shape index (κ2) is 26.1. The number of nitrogens with one attached hydrogen (secondary N) is 6. The van der Waals surface area contributed by atoms with Gasteiger partial charge in [-0.15, -0.1) is 68.0 Å². The number of fused-ring (bicyclic) bond motifs is 14. The minimum Gasteiger partial charge on any atom is -0.446 e. The number of thiazole rings is 6. The van der Waals surface area contributed by atoms with Gasteiger partial charge in [0, 0.05) is 52.2 Å². The van der Waals surface area contributed by atoms with Crippen LogP contribution in [0.2, 0.25) is 0 Å². The number of carbonyl (C=O) groups excluding carboxylic acids is 6. The van der Waals surface area contributed by atoms with Gasteiger partial charge in [0.25, 0.3) is 17.7 Å². The SMILES string of the molecule is CNC(=O)C[C@@H]1NC(=O)c2csc(n2)-c2ccc(-c3nc(NC(=O)OC4CCC(N)CC4)cs3)nc2-c2csc(n2)-c2csc(n2)[C@H]([C@@H](O)c2ccccc2)NC(=O)CNC(=O)c2nc(sc2COC)[C@H](C(C)C)NC(=O)c2nc1sc2C. The van der Waals surface area contributed by atoms with Gasteiger partial charge in [-0.1, -0.05) is 44.2 Å². The van der Waals surface area contributed by atoms with E-state index in [0.717, 1.165) is 24.2 Å². The molecule has 8 aromatic rings. The standard InChI is InChI=1S/C54H56N14O9S6/c1-24(2)39-53-68-42(35(83-53)19-76-5)46(73)57-18-38(70)65-43(44(71)26-9-7-6-8-10-26)52-62-34(22-80-52)50-60-32(20-79-50)41-29(15-16-30(58-41)49-63-36(23-81-49)64-54(75)77-28-13-11-27(55)12-14-28)48-61-33(21-78-48)45(72)59-31(17-37(69)56-4)51-67-40(25(3)82-51)47(74)66-39/h6-10,15-16,20-24,27-28,31,39,43-44,71H,11-14,17-19,55H2,1-5H3,(H,56,69)(H,57,73)(H,59,72)(H,64,75)(H,65,70)(H,66,74)/t27?,28?,31-,39-,43-,44-/m0/s1. The van der Waals surface area contributed by atoms with Crippen LogP contribution < -0.4 is 37.6 Å². The van der Waals surface area contributed by atoms with E-state index in [2.05, 4.69) is 36.9 Å². The van der Waals surface area contributed by atoms with Gasteiger partial charge >= 0.3 is 6.09 Å². The third kappa shape index (κ3) is 13.7. The van der Waals surface area contributed by atoms with Crippen molar-refractivity contribution in [3.8, 4) is 43.4 Å². The Morgan fingerprint density at radius 1 is 0.711 bits per heavy atom. The highest BCUT2D eigenvalue weighted by Crippen LogP contribution is 2.40. The third-order valence-corrected chi connectivity index (χ3v) is 19.2. The molecule has 1 fully saturated rings. The zero-order chi connectivity index (χ0) is 58.5. The van der Waals surface area contributed by atoms with Crippen LogP contribution in [-0.2, 0) is 25.7 Å². The number of amides is 6. The van der Waals surface area contributed by atoms with Crippen molar-refractivity contribution in [2.75, 3.05) is 26.0 Å². The molecule has 9 N–H and O–H groups in total. The Hall–Kier alpha value is -7.35. The first-order valence-electron chi connectivity index (χ1n) is 26.2. The molecule has 10 bridgehead atoms. The number of ether oxygens (including phenoxy) is 2. The lowest BCUT2D eigenvalue weighted by Crippen LogP contribution is -2.40. The van der Waals surface area contributed by atoms with Crippen molar-refractivity contribution in [2.45, 2.75) is 95.9 Å². The average molecular weight is 1240 g/mol. The lowest BCUT2D eigenvalue weighted by molar-refractivity contribution is -0.122. The lowest BCUT2D eigenvalue weighted by Gasteiger charge is -2.25. The summed E-state index contributed by atoms with van der Waals surface area (Å²) in [6.45, 7) is 4.99. The number of hydrogen-bond donors (Lipinski definition) is 8. The zero-order valence-electron chi connectivity index (χ0n) is 45.2. The van der Waals surface area contributed by atoms with Crippen LogP contribution in [0.3, 0.4) is 0 Å². The first kappa shape index (κ1) is 58.8. The molecule has 432 valence electrons. The van der Waals surface area contributed by atoms with Crippen LogP contribution in [0, 0.1) is 12.8 Å². The fourth-order valence-electron chi connectivity index (χ4n) is 9.13. The number of aryl methyl sites for hydroxylation is 1. The van der Waals surface area contributed by atoms with Crippen LogP contribution in [0.1, 0.15) is 132 Å². The zero-order valence-corrected chi connectivity index (χ0v) is 50.1. The number of nitrogens with zero attached hydrogens (tertiary/aromatic N) is 7. The van der Waals surface area contributed by atoms with Crippen LogP contribution >= 0.6 is 68.0 Å². The van der Waals surface area contributed by atoms with E-state index >= 15 is 0 Å². The molecule has 4 atom stereocenters. The number of rotatable bonds is 10. The van der Waals surface area contributed by atoms with Crippen LogP contribution in [0.25, 0.3) is 43.4 Å². The summed E-state index contributed by atoms with van der Waals surface area (Å²) in [5.74, 6) is -2.82. The second-order valence-electron chi connectivity index (χ2n) is 19.7. The molecule has 1 aliphatic carbocycles. The number of methoxy groups -OCH3 is 1. The Balaban J connectivity index is 1.03. The summed E-state index contributed by atoms with van der Waals surface area (Å²) in [6.07, 6.45) is 0.560. The molecule has 8 heterocycles. The Morgan fingerprint density at radius 3 is 2.18 bits per heavy atom. The number of carbonyl (C=O) groups is 6. The maximum atomic E-state index is 14.3. The van der Waals surface area contributed by atoms with Gasteiger partial charge in [-0.25, -0.2) is 39.7 Å². The van der Waals surface area contributed by atoms with E-state index in [-0.39, 0.29) is 54.0 Å². The number of anilines is 1. The molecule has 0 saturated heterocycles. The Bertz CT molecular complexity index is 3680. The highest BCUT2D eigenvalue weighted by Gasteiger charge is 2.33. The molecule has 1 saturated carbocycles. The molecule has 10 rings (SSSR count). The van der Waals surface area contributed by atoms with E-state index in [1.165, 1.54) is 70.8 Å². The molecule has 1 aliphatic heterocycles. The first-order valence-corrected chi connectivity index (χ1v) is 31.3. The molecule has 0 radical (unpaired) electrons. The molecule has 0 spiro atoms. The van der Waals surface area contributed by atoms with Gasteiger partial charge in [0.15, 0.2) is 0 Å². The first-order chi connectivity index (χ1) is 40.0. The van der Waals surface area contributed by atoms with Gasteiger partial charge in [0.1, 0.15) is 88.3 Å². The minimum atomic E-state index is -1.27. The summed E-state index contributed by atoms with van der Waals surface area (Å²) < 4.78 is 11.1. The van der Waals surface area contributed by atoms with E-state index in [1.54, 1.807) is 70.9 Å². The van der Waals surface area contributed by atoms with Gasteiger partial charge < -0.3 is 46.9 Å². The van der Waals surface area contributed by atoms with E-state index in [1.807, 2.05) is 13.8 Å². The Kier molecular flexibility index (Phi) is 18.5. The van der Waals surface area contributed by atoms with Crippen LogP contribution in [0.4, 0.5) is 10.6 Å². The monoisotopic (exact) mass is 1240 g/mol. The van der Waals surface area contributed by atoms with Crippen molar-refractivity contribution in [1.29, 1.82) is 0 Å². The summed E-state index contributed by atoms with van der Waals surface area (Å²) >= 11 is 7.24.